The third kappa shape index (κ3) is 7.93. The Hall–Kier alpha value is -3.22. The minimum atomic E-state index is -2.68. The first-order valence-electron chi connectivity index (χ1n) is 18.1. The van der Waals surface area contributed by atoms with Crippen LogP contribution >= 0.6 is 0 Å². The second kappa shape index (κ2) is 16.2. The molecule has 8 nitrogen and oxygen atoms in total. The van der Waals surface area contributed by atoms with Crippen molar-refractivity contribution in [1.29, 1.82) is 0 Å². The van der Waals surface area contributed by atoms with E-state index in [1.54, 1.807) is 0 Å². The maximum Gasteiger partial charge on any atom is 0.261 e. The fourth-order valence-electron chi connectivity index (χ4n) is 7.85. The average molecular weight is 711 g/mol. The molecule has 4 aliphatic heterocycles. The van der Waals surface area contributed by atoms with Crippen LogP contribution in [-0.2, 0) is 46.1 Å². The highest BCUT2D eigenvalue weighted by Crippen LogP contribution is 2.42. The van der Waals surface area contributed by atoms with E-state index < -0.39 is 14.4 Å². The molecule has 0 saturated carbocycles. The van der Waals surface area contributed by atoms with Crippen molar-refractivity contribution in [2.24, 2.45) is 11.8 Å². The van der Waals surface area contributed by atoms with E-state index in [4.69, 9.17) is 32.8 Å². The number of rotatable bonds is 10. The van der Waals surface area contributed by atoms with Gasteiger partial charge < -0.3 is 38.0 Å². The molecule has 4 fully saturated rings. The number of hydrogen-bond acceptors (Lipinski definition) is 8. The summed E-state index contributed by atoms with van der Waals surface area (Å²) in [5.74, 6) is 0.00377. The van der Waals surface area contributed by atoms with E-state index in [9.17, 15) is 5.11 Å². The van der Waals surface area contributed by atoms with Crippen molar-refractivity contribution in [3.8, 4) is 0 Å². The molecular weight excluding hydrogens is 661 g/mol. The zero-order valence-electron chi connectivity index (χ0n) is 29.7. The van der Waals surface area contributed by atoms with Gasteiger partial charge in [-0.3, -0.25) is 0 Å². The molecule has 4 aliphatic rings. The summed E-state index contributed by atoms with van der Waals surface area (Å²) in [6, 6.07) is 41.8. The predicted molar refractivity (Wildman–Crippen MR) is 197 cm³/mol. The van der Waals surface area contributed by atoms with Crippen LogP contribution in [0.2, 0.25) is 5.04 Å². The van der Waals surface area contributed by atoms with Crippen LogP contribution in [-0.4, -0.2) is 76.8 Å². The molecule has 9 heteroatoms. The monoisotopic (exact) mass is 710 g/mol. The van der Waals surface area contributed by atoms with Gasteiger partial charge in [0.2, 0.25) is 0 Å². The van der Waals surface area contributed by atoms with Crippen LogP contribution in [0.15, 0.2) is 121 Å². The maximum absolute atomic E-state index is 9.78. The molecule has 0 bridgehead atoms. The third-order valence-electron chi connectivity index (χ3n) is 10.4. The first-order chi connectivity index (χ1) is 24.8. The molecule has 4 heterocycles. The molecule has 4 saturated heterocycles. The highest BCUT2D eigenvalue weighted by Gasteiger charge is 2.57. The van der Waals surface area contributed by atoms with Crippen molar-refractivity contribution in [1.82, 2.24) is 0 Å². The molecule has 51 heavy (non-hydrogen) atoms. The lowest BCUT2D eigenvalue weighted by Gasteiger charge is -2.45. The Morgan fingerprint density at radius 1 is 0.549 bits per heavy atom. The molecule has 0 aromatic heterocycles. The van der Waals surface area contributed by atoms with Crippen molar-refractivity contribution in [3.63, 3.8) is 0 Å². The van der Waals surface area contributed by atoms with Gasteiger partial charge in [0.25, 0.3) is 8.32 Å². The maximum atomic E-state index is 9.78. The number of fused-ring (bicyclic) bond motifs is 2. The van der Waals surface area contributed by atoms with E-state index in [0.29, 0.717) is 39.6 Å². The molecule has 4 aromatic rings. The summed E-state index contributed by atoms with van der Waals surface area (Å²) < 4.78 is 42.4. The number of hydrogen-bond donors (Lipinski definition) is 1. The van der Waals surface area contributed by atoms with Crippen molar-refractivity contribution < 1.29 is 38.0 Å². The SMILES string of the molecule is CC(C)(C)[Si](O[C@H]1CO[C@H]2OC[C@H](OCc3ccccc3)[C@H]21)(c1ccccc1)c1ccccc1.O[C@H]1CO[C@H]2OC[C@H](OCc3ccccc3)[C@H]21. The van der Waals surface area contributed by atoms with E-state index in [2.05, 4.69) is 93.6 Å². The van der Waals surface area contributed by atoms with Crippen LogP contribution in [0.1, 0.15) is 31.9 Å². The Labute approximate surface area is 302 Å². The van der Waals surface area contributed by atoms with Gasteiger partial charge in [-0.2, -0.15) is 0 Å². The minimum absolute atomic E-state index is 0.0429. The fourth-order valence-corrected chi connectivity index (χ4v) is 12.5. The van der Waals surface area contributed by atoms with Crippen molar-refractivity contribution in [3.05, 3.63) is 132 Å². The minimum Gasteiger partial charge on any atom is -0.402 e. The predicted octanol–water partition coefficient (Wildman–Crippen LogP) is 5.46. The van der Waals surface area contributed by atoms with E-state index in [-0.39, 0.29) is 47.8 Å². The van der Waals surface area contributed by atoms with Gasteiger partial charge in [0.05, 0.1) is 75.9 Å². The van der Waals surface area contributed by atoms with Gasteiger partial charge >= 0.3 is 0 Å². The van der Waals surface area contributed by atoms with Gasteiger partial charge in [-0.1, -0.05) is 142 Å². The third-order valence-corrected chi connectivity index (χ3v) is 15.5. The molecule has 0 unspecified atom stereocenters. The summed E-state index contributed by atoms with van der Waals surface area (Å²) in [5.41, 5.74) is 2.29. The summed E-state index contributed by atoms with van der Waals surface area (Å²) in [6.45, 7) is 9.92. The van der Waals surface area contributed by atoms with E-state index in [1.165, 1.54) is 10.4 Å². The van der Waals surface area contributed by atoms with E-state index in [1.807, 2.05) is 48.5 Å². The number of ether oxygens (including phenoxy) is 6. The van der Waals surface area contributed by atoms with Crippen LogP contribution in [0.3, 0.4) is 0 Å². The Kier molecular flexibility index (Phi) is 11.5. The van der Waals surface area contributed by atoms with Gasteiger partial charge in [0, 0.05) is 0 Å². The largest absolute Gasteiger partial charge is 0.402 e. The normalized spacial score (nSPS) is 28.5. The lowest BCUT2D eigenvalue weighted by atomic mass is 10.0. The van der Waals surface area contributed by atoms with Crippen LogP contribution < -0.4 is 10.4 Å². The molecule has 8 rings (SSSR count). The molecular formula is C42H50O8Si. The number of benzene rings is 4. The van der Waals surface area contributed by atoms with Crippen LogP contribution in [0, 0.1) is 11.8 Å². The molecule has 4 aromatic carbocycles. The summed E-state index contributed by atoms with van der Waals surface area (Å²) in [4.78, 5) is 0. The highest BCUT2D eigenvalue weighted by molar-refractivity contribution is 6.99. The summed E-state index contributed by atoms with van der Waals surface area (Å²) >= 11 is 0. The number of aliphatic hydroxyl groups excluding tert-OH is 1. The Balaban J connectivity index is 0.000000199. The molecule has 0 amide bonds. The topological polar surface area (TPSA) is 84.8 Å². The molecule has 270 valence electrons. The van der Waals surface area contributed by atoms with Gasteiger partial charge in [-0.15, -0.1) is 0 Å². The lowest BCUT2D eigenvalue weighted by molar-refractivity contribution is -0.0917. The Morgan fingerprint density at radius 3 is 1.41 bits per heavy atom. The molecule has 0 spiro atoms. The van der Waals surface area contributed by atoms with Gasteiger partial charge in [-0.05, 0) is 26.5 Å². The lowest BCUT2D eigenvalue weighted by Crippen LogP contribution is -2.68. The Morgan fingerprint density at radius 2 is 0.941 bits per heavy atom. The average Bonchev–Trinajstić information content (AvgIpc) is 3.95. The van der Waals surface area contributed by atoms with Crippen LogP contribution in [0.4, 0.5) is 0 Å². The van der Waals surface area contributed by atoms with Gasteiger partial charge in [-0.25, -0.2) is 0 Å². The molecule has 8 atom stereocenters. The zero-order valence-corrected chi connectivity index (χ0v) is 30.7. The highest BCUT2D eigenvalue weighted by atomic mass is 28.4. The van der Waals surface area contributed by atoms with Crippen molar-refractivity contribution >= 4 is 18.7 Å². The second-order valence-corrected chi connectivity index (χ2v) is 19.0. The van der Waals surface area contributed by atoms with Crippen LogP contribution in [0.5, 0.6) is 0 Å². The van der Waals surface area contributed by atoms with E-state index >= 15 is 0 Å². The molecule has 1 N–H and O–H groups in total. The summed E-state index contributed by atoms with van der Waals surface area (Å²) in [6.07, 6.45) is -1.26. The van der Waals surface area contributed by atoms with Crippen molar-refractivity contribution in [2.45, 2.75) is 76.0 Å². The first-order valence-corrected chi connectivity index (χ1v) is 20.0. The van der Waals surface area contributed by atoms with Gasteiger partial charge in [0.1, 0.15) is 0 Å². The zero-order chi connectivity index (χ0) is 35.3. The summed E-state index contributed by atoms with van der Waals surface area (Å²) in [7, 11) is -2.68. The molecule has 0 radical (unpaired) electrons. The van der Waals surface area contributed by atoms with Crippen molar-refractivity contribution in [2.75, 3.05) is 26.4 Å². The Bertz CT molecular complexity index is 1600. The number of aliphatic hydroxyl groups is 1. The van der Waals surface area contributed by atoms with Gasteiger partial charge in [0.15, 0.2) is 12.6 Å². The second-order valence-electron chi connectivity index (χ2n) is 14.8. The van der Waals surface area contributed by atoms with E-state index in [0.717, 1.165) is 11.1 Å². The molecule has 0 aliphatic carbocycles. The van der Waals surface area contributed by atoms with Crippen LogP contribution in [0.25, 0.3) is 0 Å². The fraction of sp³-hybridized carbons (Fsp3) is 0.429. The first kappa shape index (κ1) is 36.1. The standard InChI is InChI=1S/C29H34O4Si.C13H16O4/c1-29(2,3)34(23-15-9-5-10-16-23,24-17-11-6-12-18-24)33-26-21-32-28-27(26)25(20-31-28)30-19-22-13-7-4-8-14-22;14-10-7-16-13-12(10)11(8-17-13)15-6-9-4-2-1-3-5-9/h4-18,25-28H,19-21H2,1-3H3;1-5,10-14H,6-8H2/t25-,26-,27-,28+;10-,11-,12+,13-/m00/s1. The quantitative estimate of drug-likeness (QED) is 0.218. The smallest absolute Gasteiger partial charge is 0.261 e. The summed E-state index contributed by atoms with van der Waals surface area (Å²) in [5, 5.41) is 12.2.